The van der Waals surface area contributed by atoms with Crippen LogP contribution in [0.5, 0.6) is 0 Å². The van der Waals surface area contributed by atoms with Crippen molar-refractivity contribution in [1.29, 1.82) is 0 Å². The summed E-state index contributed by atoms with van der Waals surface area (Å²) in [7, 11) is -3.68. The summed E-state index contributed by atoms with van der Waals surface area (Å²) in [6.45, 7) is 3.85. The quantitative estimate of drug-likeness (QED) is 0.834. The van der Waals surface area contributed by atoms with Crippen LogP contribution in [-0.4, -0.2) is 13.4 Å². The van der Waals surface area contributed by atoms with Crippen LogP contribution in [0.15, 0.2) is 32.0 Å². The smallest absolute Gasteiger partial charge is 0.242 e. The summed E-state index contributed by atoms with van der Waals surface area (Å²) in [5.41, 5.74) is 7.02. The zero-order chi connectivity index (χ0) is 15.6. The second-order valence-corrected chi connectivity index (χ2v) is 7.13. The Kier molecular flexibility index (Phi) is 4.82. The normalized spacial score (nSPS) is 11.8. The fourth-order valence-electron chi connectivity index (χ4n) is 1.73. The summed E-state index contributed by atoms with van der Waals surface area (Å²) in [4.78, 5) is 4.28. The predicted octanol–water partition coefficient (Wildman–Crippen LogP) is 1.99. The maximum Gasteiger partial charge on any atom is 0.242 e. The first-order valence-corrected chi connectivity index (χ1v) is 8.52. The fraction of sp³-hybridized carbons (Fsp3) is 0.308. The number of oxazole rings is 1. The molecule has 0 atom stereocenters. The number of nitrogens with zero attached hydrogens (tertiary/aromatic N) is 1. The molecule has 1 heterocycles. The Morgan fingerprint density at radius 3 is 2.67 bits per heavy atom. The lowest BCUT2D eigenvalue weighted by molar-refractivity contribution is 0.463. The highest BCUT2D eigenvalue weighted by atomic mass is 79.9. The van der Waals surface area contributed by atoms with Gasteiger partial charge in [-0.15, -0.1) is 0 Å². The minimum Gasteiger partial charge on any atom is -0.444 e. The molecule has 2 aromatic rings. The molecule has 0 saturated carbocycles. The topological polar surface area (TPSA) is 98.2 Å². The Morgan fingerprint density at radius 2 is 2.10 bits per heavy atom. The zero-order valence-corrected chi connectivity index (χ0v) is 14.1. The van der Waals surface area contributed by atoms with Gasteiger partial charge < -0.3 is 10.2 Å². The van der Waals surface area contributed by atoms with Crippen LogP contribution in [0.25, 0.3) is 0 Å². The highest BCUT2D eigenvalue weighted by molar-refractivity contribution is 9.10. The van der Waals surface area contributed by atoms with Crippen LogP contribution in [0.1, 0.15) is 22.9 Å². The van der Waals surface area contributed by atoms with E-state index in [-0.39, 0.29) is 18.0 Å². The second-order valence-electron chi connectivity index (χ2n) is 4.54. The van der Waals surface area contributed by atoms with Crippen LogP contribution in [0.3, 0.4) is 0 Å². The molecule has 0 unspecified atom stereocenters. The van der Waals surface area contributed by atoms with E-state index in [0.29, 0.717) is 16.1 Å². The van der Waals surface area contributed by atoms with E-state index in [0.717, 1.165) is 11.3 Å². The molecule has 0 amide bonds. The molecule has 0 spiro atoms. The number of sulfonamides is 1. The molecule has 6 nitrogen and oxygen atoms in total. The standard InChI is InChI=1S/C13H16BrN3O3S/c1-8-9(2)20-13(17-8)7-16-21(18,19)12-5-10(6-15)3-4-11(12)14/h3-5,16H,6-7,15H2,1-2H3. The number of halogens is 1. The molecule has 21 heavy (non-hydrogen) atoms. The summed E-state index contributed by atoms with van der Waals surface area (Å²) in [6.07, 6.45) is 0. The molecule has 114 valence electrons. The second kappa shape index (κ2) is 6.27. The Bertz CT molecular complexity index is 737. The summed E-state index contributed by atoms with van der Waals surface area (Å²) in [5.74, 6) is 1.01. The molecule has 0 aliphatic carbocycles. The van der Waals surface area contributed by atoms with Crippen LogP contribution >= 0.6 is 15.9 Å². The first-order chi connectivity index (χ1) is 9.83. The molecular formula is C13H16BrN3O3S. The largest absolute Gasteiger partial charge is 0.444 e. The molecular weight excluding hydrogens is 358 g/mol. The SMILES string of the molecule is Cc1nc(CNS(=O)(=O)c2cc(CN)ccc2Br)oc1C. The summed E-state index contributed by atoms with van der Waals surface area (Å²) < 4.78 is 33.0. The van der Waals surface area contributed by atoms with E-state index in [9.17, 15) is 8.42 Å². The van der Waals surface area contributed by atoms with E-state index >= 15 is 0 Å². The van der Waals surface area contributed by atoms with E-state index in [4.69, 9.17) is 10.2 Å². The molecule has 1 aromatic carbocycles. The fourth-order valence-corrected chi connectivity index (χ4v) is 3.72. The number of hydrogen-bond donors (Lipinski definition) is 2. The average Bonchev–Trinajstić information content (AvgIpc) is 2.76. The van der Waals surface area contributed by atoms with Crippen molar-refractivity contribution in [3.05, 3.63) is 45.6 Å². The van der Waals surface area contributed by atoms with Gasteiger partial charge in [-0.25, -0.2) is 18.1 Å². The van der Waals surface area contributed by atoms with Crippen molar-refractivity contribution in [2.45, 2.75) is 31.8 Å². The third kappa shape index (κ3) is 3.70. The monoisotopic (exact) mass is 373 g/mol. The van der Waals surface area contributed by atoms with E-state index in [1.165, 1.54) is 0 Å². The average molecular weight is 374 g/mol. The van der Waals surface area contributed by atoms with Crippen LogP contribution in [0.2, 0.25) is 0 Å². The number of aryl methyl sites for hydroxylation is 2. The lowest BCUT2D eigenvalue weighted by Crippen LogP contribution is -2.24. The van der Waals surface area contributed by atoms with Crippen LogP contribution < -0.4 is 10.5 Å². The van der Waals surface area contributed by atoms with Gasteiger partial charge in [0, 0.05) is 11.0 Å². The first-order valence-electron chi connectivity index (χ1n) is 6.24. The van der Waals surface area contributed by atoms with Gasteiger partial charge >= 0.3 is 0 Å². The third-order valence-electron chi connectivity index (χ3n) is 3.01. The molecule has 0 aliphatic heterocycles. The van der Waals surface area contributed by atoms with Gasteiger partial charge in [0.25, 0.3) is 0 Å². The first kappa shape index (κ1) is 16.2. The van der Waals surface area contributed by atoms with Crippen LogP contribution in [-0.2, 0) is 23.1 Å². The number of benzene rings is 1. The Labute approximate surface area is 131 Å². The molecule has 8 heteroatoms. The van der Waals surface area contributed by atoms with Crippen molar-refractivity contribution < 1.29 is 12.8 Å². The van der Waals surface area contributed by atoms with Gasteiger partial charge in [-0.2, -0.15) is 0 Å². The minimum absolute atomic E-state index is 0.00366. The molecule has 0 radical (unpaired) electrons. The van der Waals surface area contributed by atoms with Gasteiger partial charge in [0.1, 0.15) is 5.76 Å². The highest BCUT2D eigenvalue weighted by Gasteiger charge is 2.19. The number of hydrogen-bond acceptors (Lipinski definition) is 5. The summed E-state index contributed by atoms with van der Waals surface area (Å²) >= 11 is 3.24. The molecule has 1 aromatic heterocycles. The zero-order valence-electron chi connectivity index (χ0n) is 11.7. The van der Waals surface area contributed by atoms with E-state index in [2.05, 4.69) is 25.6 Å². The molecule has 0 fully saturated rings. The minimum atomic E-state index is -3.68. The van der Waals surface area contributed by atoms with E-state index in [1.807, 2.05) is 0 Å². The molecule has 0 bridgehead atoms. The van der Waals surface area contributed by atoms with Crippen molar-refractivity contribution >= 4 is 26.0 Å². The van der Waals surface area contributed by atoms with Gasteiger partial charge in [-0.1, -0.05) is 6.07 Å². The number of nitrogens with two attached hydrogens (primary N) is 1. The summed E-state index contributed by atoms with van der Waals surface area (Å²) in [5, 5.41) is 0. The van der Waals surface area contributed by atoms with Crippen molar-refractivity contribution in [3.8, 4) is 0 Å². The molecule has 2 rings (SSSR count). The van der Waals surface area contributed by atoms with E-state index < -0.39 is 10.0 Å². The Balaban J connectivity index is 2.22. The molecule has 0 aliphatic rings. The number of aromatic nitrogens is 1. The lowest BCUT2D eigenvalue weighted by Gasteiger charge is -2.08. The van der Waals surface area contributed by atoms with Crippen LogP contribution in [0.4, 0.5) is 0 Å². The van der Waals surface area contributed by atoms with Gasteiger partial charge in [-0.3, -0.25) is 0 Å². The van der Waals surface area contributed by atoms with Gasteiger partial charge in [0.15, 0.2) is 0 Å². The lowest BCUT2D eigenvalue weighted by atomic mass is 10.2. The third-order valence-corrected chi connectivity index (χ3v) is 5.40. The Hall–Kier alpha value is -1.22. The maximum absolute atomic E-state index is 12.3. The maximum atomic E-state index is 12.3. The van der Waals surface area contributed by atoms with Gasteiger partial charge in [0.2, 0.25) is 15.9 Å². The molecule has 0 saturated heterocycles. The summed E-state index contributed by atoms with van der Waals surface area (Å²) in [6, 6.07) is 4.97. The number of rotatable bonds is 5. The van der Waals surface area contributed by atoms with E-state index in [1.54, 1.807) is 32.0 Å². The van der Waals surface area contributed by atoms with Crippen molar-refractivity contribution in [1.82, 2.24) is 9.71 Å². The van der Waals surface area contributed by atoms with Crippen molar-refractivity contribution in [3.63, 3.8) is 0 Å². The van der Waals surface area contributed by atoms with Gasteiger partial charge in [0.05, 0.1) is 17.1 Å². The molecule has 3 N–H and O–H groups in total. The van der Waals surface area contributed by atoms with Crippen molar-refractivity contribution in [2.75, 3.05) is 0 Å². The highest BCUT2D eigenvalue weighted by Crippen LogP contribution is 2.23. The Morgan fingerprint density at radius 1 is 1.38 bits per heavy atom. The van der Waals surface area contributed by atoms with Crippen LogP contribution in [0, 0.1) is 13.8 Å². The van der Waals surface area contributed by atoms with Crippen molar-refractivity contribution in [2.24, 2.45) is 5.73 Å². The predicted molar refractivity (Wildman–Crippen MR) is 82.0 cm³/mol. The number of nitrogens with one attached hydrogen (secondary N) is 1. The van der Waals surface area contributed by atoms with Gasteiger partial charge in [-0.05, 0) is 47.5 Å².